The molecule has 2 unspecified atom stereocenters. The van der Waals surface area contributed by atoms with E-state index >= 15 is 0 Å². The van der Waals surface area contributed by atoms with Gasteiger partial charge in [-0.25, -0.2) is 0 Å². The average Bonchev–Trinajstić information content (AvgIpc) is 3.19. The van der Waals surface area contributed by atoms with Gasteiger partial charge in [-0.15, -0.1) is 0 Å². The number of benzene rings is 2. The Hall–Kier alpha value is -2.04. The predicted molar refractivity (Wildman–Crippen MR) is 112 cm³/mol. The standard InChI is InChI=1S/C24H32O4/c1-17(2)21-9-8-19(15-24(21)27-13-11-25)14-18(3)22-6-4-5-7-23(22)28-20-10-12-26-16-20/h4-9,15,17-18,20,25H,10-14,16H2,1-3H3. The van der Waals surface area contributed by atoms with Crippen LogP contribution in [0.1, 0.15) is 55.7 Å². The monoisotopic (exact) mass is 384 g/mol. The van der Waals surface area contributed by atoms with Gasteiger partial charge in [-0.2, -0.15) is 0 Å². The fraction of sp³-hybridized carbons (Fsp3) is 0.500. The average molecular weight is 385 g/mol. The molecule has 0 saturated carbocycles. The Bertz CT molecular complexity index is 750. The van der Waals surface area contributed by atoms with Gasteiger partial charge >= 0.3 is 0 Å². The zero-order chi connectivity index (χ0) is 19.9. The first-order valence-corrected chi connectivity index (χ1v) is 10.3. The van der Waals surface area contributed by atoms with Crippen LogP contribution in [0, 0.1) is 0 Å². The first-order chi connectivity index (χ1) is 13.6. The number of aliphatic hydroxyl groups is 1. The minimum absolute atomic E-state index is 0.0216. The molecule has 0 amide bonds. The third kappa shape index (κ3) is 5.27. The highest BCUT2D eigenvalue weighted by Gasteiger charge is 2.20. The van der Waals surface area contributed by atoms with E-state index < -0.39 is 0 Å². The highest BCUT2D eigenvalue weighted by molar-refractivity contribution is 5.42. The first kappa shape index (κ1) is 20.7. The third-order valence-electron chi connectivity index (χ3n) is 5.22. The van der Waals surface area contributed by atoms with Gasteiger partial charge in [0.25, 0.3) is 0 Å². The van der Waals surface area contributed by atoms with Crippen LogP contribution in [0.15, 0.2) is 42.5 Å². The van der Waals surface area contributed by atoms with Crippen LogP contribution in [-0.2, 0) is 11.2 Å². The van der Waals surface area contributed by atoms with E-state index in [0.29, 0.717) is 25.0 Å². The van der Waals surface area contributed by atoms with Crippen LogP contribution in [0.2, 0.25) is 0 Å². The molecule has 0 bridgehead atoms. The van der Waals surface area contributed by atoms with Crippen molar-refractivity contribution in [3.05, 3.63) is 59.2 Å². The van der Waals surface area contributed by atoms with Gasteiger partial charge in [0.05, 0.1) is 19.8 Å². The molecule has 1 aliphatic rings. The molecule has 1 heterocycles. The lowest BCUT2D eigenvalue weighted by atomic mass is 9.91. The van der Waals surface area contributed by atoms with Crippen molar-refractivity contribution in [1.29, 1.82) is 0 Å². The molecule has 4 heteroatoms. The molecular formula is C24H32O4. The van der Waals surface area contributed by atoms with Gasteiger partial charge in [0.15, 0.2) is 0 Å². The zero-order valence-electron chi connectivity index (χ0n) is 17.2. The summed E-state index contributed by atoms with van der Waals surface area (Å²) in [5.41, 5.74) is 3.62. The number of para-hydroxylation sites is 1. The number of aliphatic hydroxyl groups excluding tert-OH is 1. The summed E-state index contributed by atoms with van der Waals surface area (Å²) in [7, 11) is 0. The maximum atomic E-state index is 9.12. The second-order valence-corrected chi connectivity index (χ2v) is 7.85. The van der Waals surface area contributed by atoms with E-state index in [0.717, 1.165) is 30.9 Å². The zero-order valence-corrected chi connectivity index (χ0v) is 17.2. The van der Waals surface area contributed by atoms with Gasteiger partial charge in [0.1, 0.15) is 24.2 Å². The second-order valence-electron chi connectivity index (χ2n) is 7.85. The minimum atomic E-state index is 0.0216. The largest absolute Gasteiger partial charge is 0.491 e. The Labute approximate surface area is 168 Å². The Morgan fingerprint density at radius 2 is 1.89 bits per heavy atom. The Morgan fingerprint density at radius 3 is 2.61 bits per heavy atom. The number of ether oxygens (including phenoxy) is 3. The van der Waals surface area contributed by atoms with Crippen molar-refractivity contribution in [2.45, 2.75) is 51.6 Å². The molecule has 2 atom stereocenters. The summed E-state index contributed by atoms with van der Waals surface area (Å²) in [6.07, 6.45) is 2.00. The lowest BCUT2D eigenvalue weighted by Gasteiger charge is -2.20. The summed E-state index contributed by atoms with van der Waals surface area (Å²) >= 11 is 0. The molecule has 1 aliphatic heterocycles. The molecule has 2 aromatic rings. The van der Waals surface area contributed by atoms with E-state index in [2.05, 4.69) is 57.2 Å². The molecule has 152 valence electrons. The van der Waals surface area contributed by atoms with E-state index in [9.17, 15) is 0 Å². The summed E-state index contributed by atoms with van der Waals surface area (Å²) in [5.74, 6) is 2.53. The van der Waals surface area contributed by atoms with E-state index in [1.54, 1.807) is 0 Å². The highest BCUT2D eigenvalue weighted by Crippen LogP contribution is 2.33. The molecule has 1 fully saturated rings. The summed E-state index contributed by atoms with van der Waals surface area (Å²) in [5, 5.41) is 9.12. The van der Waals surface area contributed by atoms with Crippen LogP contribution in [0.3, 0.4) is 0 Å². The SMILES string of the molecule is CC(C)c1ccc(CC(C)c2ccccc2OC2CCOC2)cc1OCCO. The van der Waals surface area contributed by atoms with Crippen molar-refractivity contribution in [2.75, 3.05) is 26.4 Å². The fourth-order valence-electron chi connectivity index (χ4n) is 3.71. The smallest absolute Gasteiger partial charge is 0.124 e. The van der Waals surface area contributed by atoms with Gasteiger partial charge < -0.3 is 19.3 Å². The summed E-state index contributed by atoms with van der Waals surface area (Å²) in [6, 6.07) is 14.8. The van der Waals surface area contributed by atoms with Crippen LogP contribution in [0.4, 0.5) is 0 Å². The highest BCUT2D eigenvalue weighted by atomic mass is 16.5. The molecule has 3 rings (SSSR count). The summed E-state index contributed by atoms with van der Waals surface area (Å²) in [6.45, 7) is 8.34. The van der Waals surface area contributed by atoms with Gasteiger partial charge in [-0.1, -0.05) is 51.1 Å². The normalized spacial score (nSPS) is 17.7. The van der Waals surface area contributed by atoms with Crippen LogP contribution >= 0.6 is 0 Å². The predicted octanol–water partition coefficient (Wildman–Crippen LogP) is 4.70. The molecule has 1 N–H and O–H groups in total. The summed E-state index contributed by atoms with van der Waals surface area (Å²) < 4.78 is 17.5. The Balaban J connectivity index is 1.76. The Kier molecular flexibility index (Phi) is 7.35. The topological polar surface area (TPSA) is 47.9 Å². The lowest BCUT2D eigenvalue weighted by molar-refractivity contribution is 0.140. The van der Waals surface area contributed by atoms with Gasteiger partial charge in [-0.05, 0) is 47.1 Å². The fourth-order valence-corrected chi connectivity index (χ4v) is 3.71. The Morgan fingerprint density at radius 1 is 1.07 bits per heavy atom. The molecule has 0 spiro atoms. The van der Waals surface area contributed by atoms with E-state index in [1.807, 2.05) is 6.07 Å². The van der Waals surface area contributed by atoms with Crippen molar-refractivity contribution in [1.82, 2.24) is 0 Å². The molecule has 0 aromatic heterocycles. The van der Waals surface area contributed by atoms with Gasteiger partial charge in [0, 0.05) is 6.42 Å². The van der Waals surface area contributed by atoms with Crippen LogP contribution in [0.25, 0.3) is 0 Å². The van der Waals surface area contributed by atoms with E-state index in [1.165, 1.54) is 16.7 Å². The van der Waals surface area contributed by atoms with E-state index in [-0.39, 0.29) is 12.7 Å². The van der Waals surface area contributed by atoms with E-state index in [4.69, 9.17) is 19.3 Å². The van der Waals surface area contributed by atoms with Gasteiger partial charge in [0.2, 0.25) is 0 Å². The first-order valence-electron chi connectivity index (χ1n) is 10.3. The van der Waals surface area contributed by atoms with Crippen LogP contribution < -0.4 is 9.47 Å². The number of hydrogen-bond acceptors (Lipinski definition) is 4. The van der Waals surface area contributed by atoms with Crippen LogP contribution in [0.5, 0.6) is 11.5 Å². The number of rotatable bonds is 9. The lowest BCUT2D eigenvalue weighted by Crippen LogP contribution is -2.17. The maximum absolute atomic E-state index is 9.12. The molecule has 1 saturated heterocycles. The third-order valence-corrected chi connectivity index (χ3v) is 5.22. The van der Waals surface area contributed by atoms with Crippen molar-refractivity contribution in [3.8, 4) is 11.5 Å². The van der Waals surface area contributed by atoms with Crippen molar-refractivity contribution < 1.29 is 19.3 Å². The van der Waals surface area contributed by atoms with Gasteiger partial charge in [-0.3, -0.25) is 0 Å². The second kappa shape index (κ2) is 9.94. The molecule has 4 nitrogen and oxygen atoms in total. The molecule has 2 aromatic carbocycles. The molecule has 0 aliphatic carbocycles. The van der Waals surface area contributed by atoms with Crippen molar-refractivity contribution in [3.63, 3.8) is 0 Å². The summed E-state index contributed by atoms with van der Waals surface area (Å²) in [4.78, 5) is 0. The van der Waals surface area contributed by atoms with Crippen LogP contribution in [-0.4, -0.2) is 37.6 Å². The molecule has 0 radical (unpaired) electrons. The maximum Gasteiger partial charge on any atom is 0.124 e. The minimum Gasteiger partial charge on any atom is -0.491 e. The number of hydrogen-bond donors (Lipinski definition) is 1. The molecular weight excluding hydrogens is 352 g/mol. The molecule has 28 heavy (non-hydrogen) atoms. The quantitative estimate of drug-likeness (QED) is 0.681. The van der Waals surface area contributed by atoms with Crippen molar-refractivity contribution in [2.24, 2.45) is 0 Å². The van der Waals surface area contributed by atoms with Crippen molar-refractivity contribution >= 4 is 0 Å².